The van der Waals surface area contributed by atoms with E-state index in [9.17, 15) is 14.7 Å². The lowest BCUT2D eigenvalue weighted by Gasteiger charge is -2.01. The molecule has 0 aromatic heterocycles. The maximum Gasteiger partial charge on any atom is 0.339 e. The SMILES string of the molecule is O=C1NC(=Nc2ccc(O)c(C(=O)O)c2)S/C1=C\C=C\c1ccccc1. The average Bonchev–Trinajstić information content (AvgIpc) is 2.97. The van der Waals surface area contributed by atoms with Gasteiger partial charge in [0.2, 0.25) is 0 Å². The highest BCUT2D eigenvalue weighted by atomic mass is 32.2. The van der Waals surface area contributed by atoms with E-state index >= 15 is 0 Å². The van der Waals surface area contributed by atoms with Gasteiger partial charge in [-0.15, -0.1) is 0 Å². The zero-order valence-corrected chi connectivity index (χ0v) is 14.2. The number of carboxylic acids is 1. The van der Waals surface area contributed by atoms with Gasteiger partial charge in [-0.05, 0) is 41.6 Å². The van der Waals surface area contributed by atoms with Gasteiger partial charge in [0, 0.05) is 0 Å². The Morgan fingerprint density at radius 2 is 1.92 bits per heavy atom. The fourth-order valence-corrected chi connectivity index (χ4v) is 2.98. The number of aliphatic imine (C=N–C) groups is 1. The van der Waals surface area contributed by atoms with Gasteiger partial charge < -0.3 is 15.5 Å². The highest BCUT2D eigenvalue weighted by Gasteiger charge is 2.23. The molecule has 2 aromatic carbocycles. The van der Waals surface area contributed by atoms with E-state index in [1.54, 1.807) is 12.2 Å². The van der Waals surface area contributed by atoms with E-state index in [0.717, 1.165) is 17.3 Å². The molecule has 1 amide bonds. The second-order valence-electron chi connectivity index (χ2n) is 5.28. The topological polar surface area (TPSA) is 99.0 Å². The molecule has 0 radical (unpaired) electrons. The Bertz CT molecular complexity index is 949. The summed E-state index contributed by atoms with van der Waals surface area (Å²) in [7, 11) is 0. The van der Waals surface area contributed by atoms with Crippen LogP contribution in [0.3, 0.4) is 0 Å². The Hall–Kier alpha value is -3.32. The molecule has 0 saturated carbocycles. The van der Waals surface area contributed by atoms with Gasteiger partial charge in [0.15, 0.2) is 5.17 Å². The summed E-state index contributed by atoms with van der Waals surface area (Å²) >= 11 is 1.16. The van der Waals surface area contributed by atoms with Crippen LogP contribution in [0.5, 0.6) is 5.75 Å². The number of aromatic carboxylic acids is 1. The van der Waals surface area contributed by atoms with Crippen molar-refractivity contribution in [3.63, 3.8) is 0 Å². The Labute approximate surface area is 153 Å². The second kappa shape index (κ2) is 7.71. The molecule has 1 aliphatic heterocycles. The smallest absolute Gasteiger partial charge is 0.339 e. The zero-order chi connectivity index (χ0) is 18.5. The van der Waals surface area contributed by atoms with Gasteiger partial charge in [-0.2, -0.15) is 0 Å². The molecular formula is C19H14N2O4S. The third-order valence-electron chi connectivity index (χ3n) is 3.43. The summed E-state index contributed by atoms with van der Waals surface area (Å²) in [5.74, 6) is -1.86. The molecular weight excluding hydrogens is 352 g/mol. The number of thioether (sulfide) groups is 1. The fourth-order valence-electron chi connectivity index (χ4n) is 2.19. The molecule has 0 atom stereocenters. The summed E-state index contributed by atoms with van der Waals surface area (Å²) in [6.45, 7) is 0. The van der Waals surface area contributed by atoms with E-state index in [2.05, 4.69) is 10.3 Å². The number of allylic oxidation sites excluding steroid dienone is 2. The van der Waals surface area contributed by atoms with Crippen molar-refractivity contribution in [2.75, 3.05) is 0 Å². The van der Waals surface area contributed by atoms with E-state index in [4.69, 9.17) is 5.11 Å². The van der Waals surface area contributed by atoms with Crippen LogP contribution in [0.2, 0.25) is 0 Å². The van der Waals surface area contributed by atoms with Crippen LogP contribution >= 0.6 is 11.8 Å². The van der Waals surface area contributed by atoms with Gasteiger partial charge in [0.05, 0.1) is 10.6 Å². The van der Waals surface area contributed by atoms with Crippen LogP contribution in [-0.4, -0.2) is 27.3 Å². The lowest BCUT2D eigenvalue weighted by atomic mass is 10.2. The number of hydrogen-bond acceptors (Lipinski definition) is 5. The number of aromatic hydroxyl groups is 1. The number of phenols is 1. The highest BCUT2D eigenvalue weighted by Crippen LogP contribution is 2.28. The number of carbonyl (C=O) groups excluding carboxylic acids is 1. The standard InChI is InChI=1S/C19H14N2O4S/c22-15-10-9-13(11-14(15)18(24)25)20-19-21-17(23)16(26-19)8-4-7-12-5-2-1-3-6-12/h1-11,22H,(H,24,25)(H,20,21,23)/b7-4+,16-8-. The first-order chi connectivity index (χ1) is 12.5. The average molecular weight is 366 g/mol. The number of benzene rings is 2. The van der Waals surface area contributed by atoms with Crippen molar-refractivity contribution >= 4 is 40.6 Å². The predicted molar refractivity (Wildman–Crippen MR) is 101 cm³/mol. The van der Waals surface area contributed by atoms with Crippen LogP contribution in [0, 0.1) is 0 Å². The summed E-state index contributed by atoms with van der Waals surface area (Å²) in [5.41, 5.74) is 1.10. The number of rotatable bonds is 4. The maximum absolute atomic E-state index is 12.0. The number of amides is 1. The Kier molecular flexibility index (Phi) is 5.19. The molecule has 6 nitrogen and oxygen atoms in total. The largest absolute Gasteiger partial charge is 0.507 e. The van der Waals surface area contributed by atoms with Crippen LogP contribution in [0.15, 0.2) is 70.6 Å². The van der Waals surface area contributed by atoms with Gasteiger partial charge in [0.25, 0.3) is 5.91 Å². The lowest BCUT2D eigenvalue weighted by molar-refractivity contribution is -0.115. The van der Waals surface area contributed by atoms with Crippen molar-refractivity contribution < 1.29 is 19.8 Å². The molecule has 0 bridgehead atoms. The first-order valence-electron chi connectivity index (χ1n) is 7.60. The second-order valence-corrected chi connectivity index (χ2v) is 6.31. The fraction of sp³-hybridized carbons (Fsp3) is 0. The summed E-state index contributed by atoms with van der Waals surface area (Å²) in [6.07, 6.45) is 5.35. The Morgan fingerprint density at radius 1 is 1.15 bits per heavy atom. The summed E-state index contributed by atoms with van der Waals surface area (Å²) in [5, 5.41) is 21.5. The van der Waals surface area contributed by atoms with Gasteiger partial charge in [-0.3, -0.25) is 4.79 Å². The number of hydrogen-bond donors (Lipinski definition) is 3. The molecule has 1 aliphatic rings. The normalized spacial score (nSPS) is 17.2. The minimum atomic E-state index is -1.25. The molecule has 3 N–H and O–H groups in total. The van der Waals surface area contributed by atoms with Crippen LogP contribution in [0.1, 0.15) is 15.9 Å². The predicted octanol–water partition coefficient (Wildman–Crippen LogP) is 3.54. The van der Waals surface area contributed by atoms with E-state index in [-0.39, 0.29) is 17.2 Å². The minimum Gasteiger partial charge on any atom is -0.507 e. The van der Waals surface area contributed by atoms with Crippen LogP contribution in [0.4, 0.5) is 5.69 Å². The minimum absolute atomic E-state index is 0.247. The number of amidine groups is 1. The Balaban J connectivity index is 1.76. The van der Waals surface area contributed by atoms with Crippen LogP contribution < -0.4 is 5.32 Å². The molecule has 26 heavy (non-hydrogen) atoms. The zero-order valence-electron chi connectivity index (χ0n) is 13.4. The van der Waals surface area contributed by atoms with E-state index in [1.165, 1.54) is 18.2 Å². The summed E-state index contributed by atoms with van der Waals surface area (Å²) in [6, 6.07) is 13.7. The summed E-state index contributed by atoms with van der Waals surface area (Å²) < 4.78 is 0. The van der Waals surface area contributed by atoms with Gasteiger partial charge in [0.1, 0.15) is 11.3 Å². The molecule has 2 aromatic rings. The molecule has 1 fully saturated rings. The number of carbonyl (C=O) groups is 2. The third kappa shape index (κ3) is 4.20. The van der Waals surface area contributed by atoms with Crippen molar-refractivity contribution in [3.8, 4) is 5.75 Å². The van der Waals surface area contributed by atoms with E-state index in [0.29, 0.717) is 15.8 Å². The van der Waals surface area contributed by atoms with E-state index < -0.39 is 5.97 Å². The van der Waals surface area contributed by atoms with Crippen LogP contribution in [-0.2, 0) is 4.79 Å². The van der Waals surface area contributed by atoms with Gasteiger partial charge in [-0.25, -0.2) is 9.79 Å². The van der Waals surface area contributed by atoms with Crippen molar-refractivity contribution in [1.82, 2.24) is 5.32 Å². The molecule has 1 saturated heterocycles. The molecule has 0 aliphatic carbocycles. The molecule has 1 heterocycles. The van der Waals surface area contributed by atoms with Crippen molar-refractivity contribution in [1.29, 1.82) is 0 Å². The lowest BCUT2D eigenvalue weighted by Crippen LogP contribution is -2.19. The molecule has 7 heteroatoms. The Morgan fingerprint density at radius 3 is 2.65 bits per heavy atom. The third-order valence-corrected chi connectivity index (χ3v) is 4.36. The quantitative estimate of drug-likeness (QED) is 0.719. The van der Waals surface area contributed by atoms with Crippen molar-refractivity contribution in [2.24, 2.45) is 4.99 Å². The monoisotopic (exact) mass is 366 g/mol. The number of nitrogens with one attached hydrogen (secondary N) is 1. The van der Waals surface area contributed by atoms with Crippen LogP contribution in [0.25, 0.3) is 6.08 Å². The van der Waals surface area contributed by atoms with Gasteiger partial charge >= 0.3 is 5.97 Å². The summed E-state index contributed by atoms with van der Waals surface area (Å²) in [4.78, 5) is 27.7. The first-order valence-corrected chi connectivity index (χ1v) is 8.42. The highest BCUT2D eigenvalue weighted by molar-refractivity contribution is 8.18. The molecule has 0 unspecified atom stereocenters. The number of carboxylic acid groups (broad SMARTS) is 1. The molecule has 3 rings (SSSR count). The van der Waals surface area contributed by atoms with Crippen molar-refractivity contribution in [3.05, 3.63) is 76.7 Å². The molecule has 130 valence electrons. The number of nitrogens with zero attached hydrogens (tertiary/aromatic N) is 1. The van der Waals surface area contributed by atoms with E-state index in [1.807, 2.05) is 36.4 Å². The van der Waals surface area contributed by atoms with Gasteiger partial charge in [-0.1, -0.05) is 42.5 Å². The molecule has 0 spiro atoms. The van der Waals surface area contributed by atoms with Crippen molar-refractivity contribution in [2.45, 2.75) is 0 Å². The maximum atomic E-state index is 12.0. The first kappa shape index (κ1) is 17.5.